The van der Waals surface area contributed by atoms with Gasteiger partial charge in [-0.2, -0.15) is 0 Å². The van der Waals surface area contributed by atoms with Gasteiger partial charge in [-0.15, -0.1) is 0 Å². The van der Waals surface area contributed by atoms with E-state index in [1.807, 2.05) is 68.1 Å². The van der Waals surface area contributed by atoms with Crippen LogP contribution in [-0.2, 0) is 16.0 Å². The van der Waals surface area contributed by atoms with Crippen molar-refractivity contribution in [3.63, 3.8) is 0 Å². The molecule has 1 unspecified atom stereocenters. The molecule has 4 rings (SSSR count). The molecule has 3 aromatic carbocycles. The lowest BCUT2D eigenvalue weighted by Gasteiger charge is -2.35. The zero-order valence-electron chi connectivity index (χ0n) is 20.9. The second kappa shape index (κ2) is 11.2. The molecule has 0 aliphatic carbocycles. The van der Waals surface area contributed by atoms with Crippen molar-refractivity contribution in [2.45, 2.75) is 51.3 Å². The molecule has 0 bridgehead atoms. The van der Waals surface area contributed by atoms with Crippen molar-refractivity contribution in [3.05, 3.63) is 77.9 Å². The van der Waals surface area contributed by atoms with E-state index >= 15 is 0 Å². The van der Waals surface area contributed by atoms with E-state index in [0.717, 1.165) is 40.6 Å². The fourth-order valence-electron chi connectivity index (χ4n) is 4.88. The van der Waals surface area contributed by atoms with Crippen molar-refractivity contribution in [3.8, 4) is 0 Å². The van der Waals surface area contributed by atoms with Crippen LogP contribution in [0, 0.1) is 5.92 Å². The van der Waals surface area contributed by atoms with E-state index in [0.29, 0.717) is 6.54 Å². The molecule has 1 N–H and O–H groups in total. The Kier molecular flexibility index (Phi) is 8.04. The number of alkyl halides is 1. The molecule has 0 spiro atoms. The number of carbonyl (C=O) groups is 2. The molecular weight excluding hydrogens is 476 g/mol. The van der Waals surface area contributed by atoms with Crippen LogP contribution >= 0.6 is 11.6 Å². The number of carboxylic acids is 1. The smallest absolute Gasteiger partial charge is 0.412 e. The second-order valence-electron chi connectivity index (χ2n) is 9.76. The molecule has 1 fully saturated rings. The second-order valence-corrected chi connectivity index (χ2v) is 10.2. The minimum Gasteiger partial charge on any atom is -0.481 e. The summed E-state index contributed by atoms with van der Waals surface area (Å²) in [6.45, 7) is 7.33. The maximum atomic E-state index is 13.5. The van der Waals surface area contributed by atoms with E-state index in [1.54, 1.807) is 0 Å². The topological polar surface area (TPSA) is 70.1 Å². The van der Waals surface area contributed by atoms with Crippen molar-refractivity contribution >= 4 is 40.1 Å². The minimum atomic E-state index is -0.848. The Morgan fingerprint density at radius 1 is 1.06 bits per heavy atom. The van der Waals surface area contributed by atoms with E-state index in [4.69, 9.17) is 21.4 Å². The summed E-state index contributed by atoms with van der Waals surface area (Å²) in [6.07, 6.45) is 0.378. The van der Waals surface area contributed by atoms with Crippen LogP contribution in [0.15, 0.2) is 66.7 Å². The Bertz CT molecular complexity index is 1210. The molecule has 3 atom stereocenters. The van der Waals surface area contributed by atoms with Gasteiger partial charge in [-0.05, 0) is 47.4 Å². The summed E-state index contributed by atoms with van der Waals surface area (Å²) in [5.41, 5.74) is 2.13. The molecular formula is C29H33ClN2O4. The summed E-state index contributed by atoms with van der Waals surface area (Å²) in [5.74, 6) is -0.853. The van der Waals surface area contributed by atoms with Crippen LogP contribution in [0.1, 0.15) is 44.4 Å². The number of nitrogens with zero attached hydrogens (tertiary/aromatic N) is 2. The number of amides is 1. The van der Waals surface area contributed by atoms with Gasteiger partial charge >= 0.3 is 12.1 Å². The summed E-state index contributed by atoms with van der Waals surface area (Å²) < 4.78 is 5.71. The zero-order valence-corrected chi connectivity index (χ0v) is 21.7. The fourth-order valence-corrected chi connectivity index (χ4v) is 4.96. The van der Waals surface area contributed by atoms with Gasteiger partial charge in [-0.1, -0.05) is 80.0 Å². The van der Waals surface area contributed by atoms with Gasteiger partial charge in [0.05, 0.1) is 18.5 Å². The number of benzene rings is 3. The standard InChI is InChI=1S/C29H33ClN2O4/c1-19(2)28(30)36-29(35)32(20(3)25-10-6-8-22-7-4-5-9-26(22)25)24-15-16-31(18-24)23-13-11-21(12-14-23)17-27(33)34/h4-14,19-20,24,28H,15-18H2,1-3H3,(H,33,34)/t20-,24+,28?/m1/s1. The number of anilines is 1. The largest absolute Gasteiger partial charge is 0.481 e. The lowest BCUT2D eigenvalue weighted by atomic mass is 9.97. The number of rotatable bonds is 8. The van der Waals surface area contributed by atoms with E-state index in [1.165, 1.54) is 0 Å². The van der Waals surface area contributed by atoms with Crippen molar-refractivity contribution < 1.29 is 19.4 Å². The van der Waals surface area contributed by atoms with E-state index < -0.39 is 17.6 Å². The van der Waals surface area contributed by atoms with Gasteiger partial charge in [0.25, 0.3) is 0 Å². The van der Waals surface area contributed by atoms with Crippen molar-refractivity contribution in [2.75, 3.05) is 18.0 Å². The highest BCUT2D eigenvalue weighted by Gasteiger charge is 2.37. The normalized spacial score (nSPS) is 17.2. The van der Waals surface area contributed by atoms with Crippen molar-refractivity contribution in [2.24, 2.45) is 5.92 Å². The van der Waals surface area contributed by atoms with E-state index in [-0.39, 0.29) is 24.4 Å². The first kappa shape index (κ1) is 25.8. The van der Waals surface area contributed by atoms with Crippen LogP contribution in [0.2, 0.25) is 0 Å². The Morgan fingerprint density at radius 3 is 2.44 bits per heavy atom. The zero-order chi connectivity index (χ0) is 25.8. The molecule has 0 radical (unpaired) electrons. The van der Waals surface area contributed by atoms with Crippen LogP contribution in [-0.4, -0.2) is 46.8 Å². The highest BCUT2D eigenvalue weighted by Crippen LogP contribution is 2.34. The van der Waals surface area contributed by atoms with Gasteiger partial charge in [0, 0.05) is 24.7 Å². The minimum absolute atomic E-state index is 0.000510. The lowest BCUT2D eigenvalue weighted by molar-refractivity contribution is -0.136. The van der Waals surface area contributed by atoms with Gasteiger partial charge in [0.2, 0.25) is 0 Å². The molecule has 0 saturated carbocycles. The van der Waals surface area contributed by atoms with E-state index in [2.05, 4.69) is 29.2 Å². The summed E-state index contributed by atoms with van der Waals surface area (Å²) in [7, 11) is 0. The summed E-state index contributed by atoms with van der Waals surface area (Å²) in [5, 5.41) is 11.3. The fraction of sp³-hybridized carbons (Fsp3) is 0.379. The monoisotopic (exact) mass is 508 g/mol. The Morgan fingerprint density at radius 2 is 1.75 bits per heavy atom. The van der Waals surface area contributed by atoms with Gasteiger partial charge in [-0.3, -0.25) is 9.69 Å². The highest BCUT2D eigenvalue weighted by molar-refractivity contribution is 6.20. The number of carbonyl (C=O) groups excluding carboxylic acids is 1. The number of aliphatic carboxylic acids is 1. The number of halogens is 1. The molecule has 7 heteroatoms. The third-order valence-electron chi connectivity index (χ3n) is 6.85. The third-order valence-corrected chi connectivity index (χ3v) is 7.45. The molecule has 1 amide bonds. The molecule has 1 aliphatic rings. The average molecular weight is 509 g/mol. The molecule has 3 aromatic rings. The van der Waals surface area contributed by atoms with Crippen LogP contribution in [0.5, 0.6) is 0 Å². The van der Waals surface area contributed by atoms with Gasteiger partial charge < -0.3 is 14.7 Å². The van der Waals surface area contributed by atoms with Crippen LogP contribution in [0.4, 0.5) is 10.5 Å². The van der Waals surface area contributed by atoms with Gasteiger partial charge in [0.1, 0.15) is 0 Å². The van der Waals surface area contributed by atoms with Crippen molar-refractivity contribution in [1.82, 2.24) is 4.90 Å². The predicted octanol–water partition coefficient (Wildman–Crippen LogP) is 6.47. The molecule has 1 aliphatic heterocycles. The molecule has 6 nitrogen and oxygen atoms in total. The first-order chi connectivity index (χ1) is 17.2. The van der Waals surface area contributed by atoms with Crippen LogP contribution in [0.3, 0.4) is 0 Å². The summed E-state index contributed by atoms with van der Waals surface area (Å²) in [4.78, 5) is 28.6. The Balaban J connectivity index is 1.60. The molecule has 1 saturated heterocycles. The third kappa shape index (κ3) is 5.76. The first-order valence-electron chi connectivity index (χ1n) is 12.4. The predicted molar refractivity (Wildman–Crippen MR) is 144 cm³/mol. The maximum Gasteiger partial charge on any atom is 0.412 e. The first-order valence-corrected chi connectivity index (χ1v) is 12.8. The van der Waals surface area contributed by atoms with Crippen LogP contribution in [0.25, 0.3) is 10.8 Å². The van der Waals surface area contributed by atoms with E-state index in [9.17, 15) is 9.59 Å². The maximum absolute atomic E-state index is 13.5. The number of hydrogen-bond donors (Lipinski definition) is 1. The Hall–Kier alpha value is -3.25. The number of fused-ring (bicyclic) bond motifs is 1. The van der Waals surface area contributed by atoms with Crippen LogP contribution < -0.4 is 4.90 Å². The average Bonchev–Trinajstić information content (AvgIpc) is 3.33. The molecule has 190 valence electrons. The summed E-state index contributed by atoms with van der Waals surface area (Å²) >= 11 is 6.36. The molecule has 0 aromatic heterocycles. The van der Waals surface area contributed by atoms with Gasteiger partial charge in [0.15, 0.2) is 5.56 Å². The number of hydrogen-bond acceptors (Lipinski definition) is 4. The summed E-state index contributed by atoms with van der Waals surface area (Å²) in [6, 6.07) is 21.7. The number of carboxylic acid groups (broad SMARTS) is 1. The SMILES string of the molecule is CC(C)C(Cl)OC(=O)N([C@H]1CCN(c2ccc(CC(=O)O)cc2)C1)[C@H](C)c1cccc2ccccc12. The van der Waals surface area contributed by atoms with Gasteiger partial charge in [-0.25, -0.2) is 4.79 Å². The van der Waals surface area contributed by atoms with Crippen molar-refractivity contribution in [1.29, 1.82) is 0 Å². The molecule has 1 heterocycles. The Labute approximate surface area is 217 Å². The highest BCUT2D eigenvalue weighted by atomic mass is 35.5. The molecule has 36 heavy (non-hydrogen) atoms. The lowest BCUT2D eigenvalue weighted by Crippen LogP contribution is -2.45. The quantitative estimate of drug-likeness (QED) is 0.353. The number of ether oxygens (including phenoxy) is 1.